The van der Waals surface area contributed by atoms with Crippen LogP contribution in [0.1, 0.15) is 23.2 Å². The molecule has 4 nitrogen and oxygen atoms in total. The fraction of sp³-hybridized carbons (Fsp3) is 0.455. The highest BCUT2D eigenvalue weighted by atomic mass is 32.2. The van der Waals surface area contributed by atoms with E-state index >= 15 is 0 Å². The fourth-order valence-corrected chi connectivity index (χ4v) is 2.82. The first-order valence-corrected chi connectivity index (χ1v) is 6.52. The Kier molecular flexibility index (Phi) is 3.66. The fourth-order valence-electron chi connectivity index (χ4n) is 1.71. The van der Waals surface area contributed by atoms with Crippen molar-refractivity contribution < 1.29 is 4.79 Å². The SMILES string of the molecule is Nc1ncccc1C(=O)NC1CCSCC1. The van der Waals surface area contributed by atoms with Crippen LogP contribution in [0.5, 0.6) is 0 Å². The van der Waals surface area contributed by atoms with E-state index < -0.39 is 0 Å². The summed E-state index contributed by atoms with van der Waals surface area (Å²) in [7, 11) is 0. The molecule has 0 aliphatic carbocycles. The first-order chi connectivity index (χ1) is 7.77. The predicted octanol–water partition coefficient (Wildman–Crippen LogP) is 1.29. The van der Waals surface area contributed by atoms with Gasteiger partial charge in [-0.05, 0) is 36.5 Å². The van der Waals surface area contributed by atoms with Gasteiger partial charge in [-0.25, -0.2) is 4.98 Å². The predicted molar refractivity (Wildman–Crippen MR) is 66.5 cm³/mol. The highest BCUT2D eigenvalue weighted by Crippen LogP contribution is 2.17. The van der Waals surface area contributed by atoms with Crippen molar-refractivity contribution in [3.63, 3.8) is 0 Å². The minimum atomic E-state index is -0.109. The minimum absolute atomic E-state index is 0.109. The Labute approximate surface area is 99.0 Å². The Hall–Kier alpha value is -1.23. The molecule has 0 unspecified atom stereocenters. The summed E-state index contributed by atoms with van der Waals surface area (Å²) in [4.78, 5) is 15.8. The first kappa shape index (κ1) is 11.3. The van der Waals surface area contributed by atoms with Gasteiger partial charge in [-0.2, -0.15) is 11.8 Å². The lowest BCUT2D eigenvalue weighted by Crippen LogP contribution is -2.37. The molecule has 1 aromatic heterocycles. The normalized spacial score (nSPS) is 17.0. The zero-order chi connectivity index (χ0) is 11.4. The third-order valence-corrected chi connectivity index (χ3v) is 3.69. The lowest BCUT2D eigenvalue weighted by Gasteiger charge is -2.22. The molecule has 16 heavy (non-hydrogen) atoms. The van der Waals surface area contributed by atoms with E-state index in [4.69, 9.17) is 5.73 Å². The Morgan fingerprint density at radius 2 is 2.25 bits per heavy atom. The maximum absolute atomic E-state index is 11.9. The number of carbonyl (C=O) groups excluding carboxylic acids is 1. The summed E-state index contributed by atoms with van der Waals surface area (Å²) in [6, 6.07) is 3.71. The second kappa shape index (κ2) is 5.21. The largest absolute Gasteiger partial charge is 0.383 e. The number of nitrogens with zero attached hydrogens (tertiary/aromatic N) is 1. The molecular weight excluding hydrogens is 222 g/mol. The van der Waals surface area contributed by atoms with Crippen LogP contribution in [0.25, 0.3) is 0 Å². The van der Waals surface area contributed by atoms with Crippen LogP contribution in [0.4, 0.5) is 5.82 Å². The van der Waals surface area contributed by atoms with Gasteiger partial charge < -0.3 is 11.1 Å². The van der Waals surface area contributed by atoms with E-state index in [0.29, 0.717) is 11.4 Å². The second-order valence-electron chi connectivity index (χ2n) is 3.80. The van der Waals surface area contributed by atoms with Crippen molar-refractivity contribution in [2.45, 2.75) is 18.9 Å². The van der Waals surface area contributed by atoms with Crippen LogP contribution < -0.4 is 11.1 Å². The van der Waals surface area contributed by atoms with Crippen LogP contribution in [0.3, 0.4) is 0 Å². The van der Waals surface area contributed by atoms with Crippen LogP contribution in [0, 0.1) is 0 Å². The summed E-state index contributed by atoms with van der Waals surface area (Å²) in [5, 5.41) is 3.00. The summed E-state index contributed by atoms with van der Waals surface area (Å²) in [6.45, 7) is 0. The van der Waals surface area contributed by atoms with Gasteiger partial charge in [0.25, 0.3) is 5.91 Å². The molecule has 2 heterocycles. The third-order valence-electron chi connectivity index (χ3n) is 2.64. The molecular formula is C11H15N3OS. The van der Waals surface area contributed by atoms with Crippen LogP contribution in [-0.2, 0) is 0 Å². The molecule has 86 valence electrons. The zero-order valence-electron chi connectivity index (χ0n) is 8.98. The van der Waals surface area contributed by atoms with Crippen LogP contribution in [0.2, 0.25) is 0 Å². The number of nitrogen functional groups attached to an aromatic ring is 1. The van der Waals surface area contributed by atoms with E-state index in [-0.39, 0.29) is 11.9 Å². The minimum Gasteiger partial charge on any atom is -0.383 e. The number of hydrogen-bond acceptors (Lipinski definition) is 4. The molecule has 1 fully saturated rings. The Morgan fingerprint density at radius 1 is 1.50 bits per heavy atom. The van der Waals surface area contributed by atoms with Crippen molar-refractivity contribution in [1.82, 2.24) is 10.3 Å². The van der Waals surface area contributed by atoms with E-state index in [1.807, 2.05) is 11.8 Å². The van der Waals surface area contributed by atoms with Gasteiger partial charge in [0.1, 0.15) is 5.82 Å². The molecule has 0 aromatic carbocycles. The molecule has 0 saturated carbocycles. The van der Waals surface area contributed by atoms with Gasteiger partial charge in [0.05, 0.1) is 5.56 Å². The standard InChI is InChI=1S/C11H15N3OS/c12-10-9(2-1-5-13-10)11(15)14-8-3-6-16-7-4-8/h1-2,5,8H,3-4,6-7H2,(H2,12,13)(H,14,15). The maximum atomic E-state index is 11.9. The van der Waals surface area contributed by atoms with Gasteiger partial charge in [0.2, 0.25) is 0 Å². The lowest BCUT2D eigenvalue weighted by molar-refractivity contribution is 0.0935. The quantitative estimate of drug-likeness (QED) is 0.813. The van der Waals surface area contributed by atoms with Gasteiger partial charge in [0.15, 0.2) is 0 Å². The number of anilines is 1. The van der Waals surface area contributed by atoms with E-state index in [2.05, 4.69) is 10.3 Å². The monoisotopic (exact) mass is 237 g/mol. The number of hydrogen-bond donors (Lipinski definition) is 2. The Balaban J connectivity index is 2.00. The lowest BCUT2D eigenvalue weighted by atomic mass is 10.1. The topological polar surface area (TPSA) is 68.0 Å². The second-order valence-corrected chi connectivity index (χ2v) is 5.02. The van der Waals surface area contributed by atoms with Gasteiger partial charge in [-0.3, -0.25) is 4.79 Å². The molecule has 0 spiro atoms. The molecule has 1 aliphatic heterocycles. The van der Waals surface area contributed by atoms with Gasteiger partial charge in [0, 0.05) is 12.2 Å². The van der Waals surface area contributed by atoms with E-state index in [9.17, 15) is 4.79 Å². The highest BCUT2D eigenvalue weighted by molar-refractivity contribution is 7.99. The number of carbonyl (C=O) groups is 1. The zero-order valence-corrected chi connectivity index (χ0v) is 9.80. The molecule has 5 heteroatoms. The Morgan fingerprint density at radius 3 is 2.94 bits per heavy atom. The number of thioether (sulfide) groups is 1. The summed E-state index contributed by atoms with van der Waals surface area (Å²) < 4.78 is 0. The molecule has 0 radical (unpaired) electrons. The smallest absolute Gasteiger partial charge is 0.255 e. The molecule has 1 saturated heterocycles. The first-order valence-electron chi connectivity index (χ1n) is 5.36. The van der Waals surface area contributed by atoms with Crippen molar-refractivity contribution >= 4 is 23.5 Å². The van der Waals surface area contributed by atoms with Crippen LogP contribution >= 0.6 is 11.8 Å². The van der Waals surface area contributed by atoms with Crippen molar-refractivity contribution in [2.75, 3.05) is 17.2 Å². The van der Waals surface area contributed by atoms with Crippen molar-refractivity contribution in [2.24, 2.45) is 0 Å². The number of rotatable bonds is 2. The van der Waals surface area contributed by atoms with Crippen molar-refractivity contribution in [1.29, 1.82) is 0 Å². The average molecular weight is 237 g/mol. The molecule has 0 bridgehead atoms. The number of amides is 1. The summed E-state index contributed by atoms with van der Waals surface area (Å²) >= 11 is 1.94. The van der Waals surface area contributed by atoms with Gasteiger partial charge >= 0.3 is 0 Å². The molecule has 0 atom stereocenters. The van der Waals surface area contributed by atoms with Gasteiger partial charge in [-0.1, -0.05) is 0 Å². The highest BCUT2D eigenvalue weighted by Gasteiger charge is 2.18. The summed E-state index contributed by atoms with van der Waals surface area (Å²) in [5.41, 5.74) is 6.12. The van der Waals surface area contributed by atoms with Crippen LogP contribution in [0.15, 0.2) is 18.3 Å². The number of pyridine rings is 1. The summed E-state index contributed by atoms with van der Waals surface area (Å²) in [6.07, 6.45) is 3.66. The third kappa shape index (κ3) is 2.66. The number of nitrogens with two attached hydrogens (primary N) is 1. The average Bonchev–Trinajstić information content (AvgIpc) is 2.31. The van der Waals surface area contributed by atoms with E-state index in [1.54, 1.807) is 18.3 Å². The van der Waals surface area contributed by atoms with E-state index in [0.717, 1.165) is 24.3 Å². The molecule has 1 amide bonds. The number of aromatic nitrogens is 1. The molecule has 2 rings (SSSR count). The molecule has 1 aromatic rings. The Bertz CT molecular complexity index is 377. The number of nitrogens with one attached hydrogen (secondary N) is 1. The van der Waals surface area contributed by atoms with Gasteiger partial charge in [-0.15, -0.1) is 0 Å². The van der Waals surface area contributed by atoms with Crippen molar-refractivity contribution in [3.8, 4) is 0 Å². The molecule has 1 aliphatic rings. The summed E-state index contributed by atoms with van der Waals surface area (Å²) in [5.74, 6) is 2.42. The maximum Gasteiger partial charge on any atom is 0.255 e. The van der Waals surface area contributed by atoms with Crippen molar-refractivity contribution in [3.05, 3.63) is 23.9 Å². The van der Waals surface area contributed by atoms with E-state index in [1.165, 1.54) is 0 Å². The molecule has 3 N–H and O–H groups in total. The van der Waals surface area contributed by atoms with Crippen LogP contribution in [-0.4, -0.2) is 28.4 Å².